The molecule has 0 bridgehead atoms. The average Bonchev–Trinajstić information content (AvgIpc) is 2.38. The van der Waals surface area contributed by atoms with Gasteiger partial charge in [-0.3, -0.25) is 5.43 Å². The number of benzene rings is 2. The zero-order valence-electron chi connectivity index (χ0n) is 8.90. The summed E-state index contributed by atoms with van der Waals surface area (Å²) in [6, 6.07) is 16.9. The van der Waals surface area contributed by atoms with Gasteiger partial charge in [-0.25, -0.2) is 0 Å². The summed E-state index contributed by atoms with van der Waals surface area (Å²) in [5.41, 5.74) is 4.42. The Kier molecular flexibility index (Phi) is 4.02. The van der Waals surface area contributed by atoms with Crippen LogP contribution < -0.4 is 5.43 Å². The van der Waals surface area contributed by atoms with Gasteiger partial charge in [-0.15, -0.1) is 0 Å². The fourth-order valence-corrected chi connectivity index (χ4v) is 1.65. The van der Waals surface area contributed by atoms with Crippen molar-refractivity contribution in [1.82, 2.24) is 0 Å². The van der Waals surface area contributed by atoms with Gasteiger partial charge in [0.25, 0.3) is 0 Å². The molecule has 0 aliphatic rings. The number of para-hydroxylation sites is 1. The normalized spacial score (nSPS) is 11.3. The first-order chi connectivity index (χ1) is 8.27. The highest BCUT2D eigenvalue weighted by Crippen LogP contribution is 2.20. The number of halogens is 2. The van der Waals surface area contributed by atoms with E-state index in [1.807, 2.05) is 48.5 Å². The molecular formula is C13H10Cl2N2. The molecule has 0 saturated carbocycles. The van der Waals surface area contributed by atoms with Crippen molar-refractivity contribution in [2.45, 2.75) is 0 Å². The van der Waals surface area contributed by atoms with Crippen molar-refractivity contribution < 1.29 is 0 Å². The lowest BCUT2D eigenvalue weighted by Gasteiger charge is -2.03. The molecule has 86 valence electrons. The number of hydrazone groups is 1. The number of anilines is 1. The summed E-state index contributed by atoms with van der Waals surface area (Å²) in [5, 5.41) is 5.07. The fraction of sp³-hybridized carbons (Fsp3) is 0. The quantitative estimate of drug-likeness (QED) is 0.647. The largest absolute Gasteiger partial charge is 0.276 e. The minimum atomic E-state index is 0.394. The standard InChI is InChI=1S/C13H10Cl2N2/c14-11-8-4-5-9-12(11)16-17-13(15)10-6-2-1-3-7-10/h1-9,16H/b17-13-. The van der Waals surface area contributed by atoms with Gasteiger partial charge < -0.3 is 0 Å². The van der Waals surface area contributed by atoms with Crippen LogP contribution in [0.3, 0.4) is 0 Å². The van der Waals surface area contributed by atoms with Gasteiger partial charge in [0, 0.05) is 5.56 Å². The number of hydrogen-bond acceptors (Lipinski definition) is 2. The molecule has 2 aromatic rings. The Hall–Kier alpha value is -1.51. The molecule has 0 amide bonds. The molecule has 0 radical (unpaired) electrons. The van der Waals surface area contributed by atoms with Crippen LogP contribution in [-0.4, -0.2) is 5.17 Å². The van der Waals surface area contributed by atoms with Crippen molar-refractivity contribution in [2.24, 2.45) is 5.10 Å². The average molecular weight is 265 g/mol. The second-order valence-corrected chi connectivity index (χ2v) is 4.13. The van der Waals surface area contributed by atoms with Crippen molar-refractivity contribution in [3.8, 4) is 0 Å². The molecule has 0 atom stereocenters. The Bertz CT molecular complexity index is 524. The molecule has 17 heavy (non-hydrogen) atoms. The summed E-state index contributed by atoms with van der Waals surface area (Å²) in [6.07, 6.45) is 0. The lowest BCUT2D eigenvalue weighted by atomic mass is 10.2. The topological polar surface area (TPSA) is 24.4 Å². The van der Waals surface area contributed by atoms with Crippen LogP contribution >= 0.6 is 23.2 Å². The molecule has 4 heteroatoms. The summed E-state index contributed by atoms with van der Waals surface area (Å²) >= 11 is 12.0. The molecule has 2 nitrogen and oxygen atoms in total. The summed E-state index contributed by atoms with van der Waals surface area (Å²) in [6.45, 7) is 0. The van der Waals surface area contributed by atoms with E-state index in [0.29, 0.717) is 10.2 Å². The zero-order valence-corrected chi connectivity index (χ0v) is 10.4. The SMILES string of the molecule is Cl/C(=N\Nc1ccccc1Cl)c1ccccc1. The predicted molar refractivity (Wildman–Crippen MR) is 73.9 cm³/mol. The maximum Gasteiger partial charge on any atom is 0.156 e. The van der Waals surface area contributed by atoms with Crippen molar-refractivity contribution in [1.29, 1.82) is 0 Å². The second-order valence-electron chi connectivity index (χ2n) is 3.36. The van der Waals surface area contributed by atoms with E-state index in [2.05, 4.69) is 10.5 Å². The summed E-state index contributed by atoms with van der Waals surface area (Å²) < 4.78 is 0. The lowest BCUT2D eigenvalue weighted by Crippen LogP contribution is -1.97. The van der Waals surface area contributed by atoms with Crippen molar-refractivity contribution in [3.05, 3.63) is 65.2 Å². The van der Waals surface area contributed by atoms with E-state index in [9.17, 15) is 0 Å². The van der Waals surface area contributed by atoms with Crippen LogP contribution in [0, 0.1) is 0 Å². The maximum absolute atomic E-state index is 6.05. The van der Waals surface area contributed by atoms with Crippen LogP contribution in [0.1, 0.15) is 5.56 Å². The molecule has 0 fully saturated rings. The van der Waals surface area contributed by atoms with E-state index in [-0.39, 0.29) is 0 Å². The van der Waals surface area contributed by atoms with Gasteiger partial charge >= 0.3 is 0 Å². The molecule has 0 spiro atoms. The minimum absolute atomic E-state index is 0.394. The molecule has 1 N–H and O–H groups in total. The predicted octanol–water partition coefficient (Wildman–Crippen LogP) is 4.35. The zero-order chi connectivity index (χ0) is 12.1. The van der Waals surface area contributed by atoms with Gasteiger partial charge in [-0.05, 0) is 12.1 Å². The fourth-order valence-electron chi connectivity index (χ4n) is 1.30. The molecule has 0 unspecified atom stereocenters. The van der Waals surface area contributed by atoms with E-state index in [1.165, 1.54) is 0 Å². The first-order valence-electron chi connectivity index (χ1n) is 5.06. The smallest absolute Gasteiger partial charge is 0.156 e. The van der Waals surface area contributed by atoms with Gasteiger partial charge in [0.05, 0.1) is 10.7 Å². The number of rotatable bonds is 3. The molecule has 2 rings (SSSR count). The first kappa shape index (κ1) is 12.0. The molecule has 2 aromatic carbocycles. The Morgan fingerprint density at radius 1 is 0.941 bits per heavy atom. The van der Waals surface area contributed by atoms with Gasteiger partial charge in [-0.2, -0.15) is 5.10 Å². The highest BCUT2D eigenvalue weighted by Gasteiger charge is 2.00. The third-order valence-corrected chi connectivity index (χ3v) is 2.79. The van der Waals surface area contributed by atoms with E-state index >= 15 is 0 Å². The van der Waals surface area contributed by atoms with Gasteiger partial charge in [0.1, 0.15) is 0 Å². The van der Waals surface area contributed by atoms with Gasteiger partial charge in [-0.1, -0.05) is 65.7 Å². The third kappa shape index (κ3) is 3.22. The second kappa shape index (κ2) is 5.71. The van der Waals surface area contributed by atoms with Crippen LogP contribution in [0.15, 0.2) is 59.7 Å². The summed E-state index contributed by atoms with van der Waals surface area (Å²) in [4.78, 5) is 0. The maximum atomic E-state index is 6.05. The molecular weight excluding hydrogens is 255 g/mol. The highest BCUT2D eigenvalue weighted by atomic mass is 35.5. The third-order valence-electron chi connectivity index (χ3n) is 2.16. The van der Waals surface area contributed by atoms with Crippen molar-refractivity contribution >= 4 is 34.1 Å². The first-order valence-corrected chi connectivity index (χ1v) is 5.82. The van der Waals surface area contributed by atoms with Crippen LogP contribution in [0.5, 0.6) is 0 Å². The Labute approximate surface area is 110 Å². The van der Waals surface area contributed by atoms with Crippen LogP contribution in [0.4, 0.5) is 5.69 Å². The molecule has 0 aromatic heterocycles. The highest BCUT2D eigenvalue weighted by molar-refractivity contribution is 6.69. The molecule has 0 aliphatic carbocycles. The van der Waals surface area contributed by atoms with E-state index in [0.717, 1.165) is 11.3 Å². The summed E-state index contributed by atoms with van der Waals surface area (Å²) in [5.74, 6) is 0. The monoisotopic (exact) mass is 264 g/mol. The molecule has 0 saturated heterocycles. The molecule has 0 heterocycles. The van der Waals surface area contributed by atoms with Crippen molar-refractivity contribution in [2.75, 3.05) is 5.43 Å². The van der Waals surface area contributed by atoms with Crippen LogP contribution in [0.2, 0.25) is 5.02 Å². The Balaban J connectivity index is 2.14. The minimum Gasteiger partial charge on any atom is -0.276 e. The van der Waals surface area contributed by atoms with E-state index in [1.54, 1.807) is 6.07 Å². The number of nitrogens with zero attached hydrogens (tertiary/aromatic N) is 1. The van der Waals surface area contributed by atoms with Crippen molar-refractivity contribution in [3.63, 3.8) is 0 Å². The van der Waals surface area contributed by atoms with Gasteiger partial charge in [0.15, 0.2) is 5.17 Å². The lowest BCUT2D eigenvalue weighted by molar-refractivity contribution is 1.34. The Morgan fingerprint density at radius 3 is 2.29 bits per heavy atom. The van der Waals surface area contributed by atoms with Crippen LogP contribution in [-0.2, 0) is 0 Å². The van der Waals surface area contributed by atoms with Crippen LogP contribution in [0.25, 0.3) is 0 Å². The van der Waals surface area contributed by atoms with E-state index < -0.39 is 0 Å². The molecule has 0 aliphatic heterocycles. The number of nitrogens with one attached hydrogen (secondary N) is 1. The van der Waals surface area contributed by atoms with E-state index in [4.69, 9.17) is 23.2 Å². The number of hydrogen-bond donors (Lipinski definition) is 1. The Morgan fingerprint density at radius 2 is 1.59 bits per heavy atom. The van der Waals surface area contributed by atoms with Gasteiger partial charge in [0.2, 0.25) is 0 Å². The summed E-state index contributed by atoms with van der Waals surface area (Å²) in [7, 11) is 0.